The number of pyridine rings is 1. The molecule has 1 N–H and O–H groups in total. The number of carbonyl (C=O) groups is 1. The number of nitrogens with zero attached hydrogens (tertiary/aromatic N) is 1. The van der Waals surface area contributed by atoms with Gasteiger partial charge < -0.3 is 5.32 Å². The van der Waals surface area contributed by atoms with E-state index >= 15 is 0 Å². The molecule has 0 atom stereocenters. The third-order valence-electron chi connectivity index (χ3n) is 2.98. The highest BCUT2D eigenvalue weighted by atomic mass is 19.4. The smallest absolute Gasteiger partial charge is 0.322 e. The number of halogens is 3. The molecule has 1 aromatic heterocycles. The normalized spacial score (nSPS) is 11.2. The fraction of sp³-hybridized carbons (Fsp3) is 0.200. The summed E-state index contributed by atoms with van der Waals surface area (Å²) in [7, 11) is 0. The minimum atomic E-state index is -4.44. The number of anilines is 1. The van der Waals surface area contributed by atoms with Crippen LogP contribution in [-0.4, -0.2) is 10.9 Å². The summed E-state index contributed by atoms with van der Waals surface area (Å²) in [5.74, 6) is -0.500. The van der Waals surface area contributed by atoms with Crippen molar-refractivity contribution in [3.63, 3.8) is 0 Å². The van der Waals surface area contributed by atoms with Crippen LogP contribution in [0, 0.1) is 0 Å². The second-order valence-electron chi connectivity index (χ2n) is 4.42. The molecule has 3 nitrogen and oxygen atoms in total. The Morgan fingerprint density at radius 3 is 2.62 bits per heavy atom. The van der Waals surface area contributed by atoms with Crippen molar-refractivity contribution in [2.75, 3.05) is 5.32 Å². The zero-order chi connectivity index (χ0) is 15.5. The molecular formula is C15H13F3N2O. The van der Waals surface area contributed by atoms with Gasteiger partial charge in [-0.05, 0) is 36.2 Å². The summed E-state index contributed by atoms with van der Waals surface area (Å²) in [6.07, 6.45) is -1.32. The minimum Gasteiger partial charge on any atom is -0.322 e. The van der Waals surface area contributed by atoms with Gasteiger partial charge in [-0.3, -0.25) is 9.78 Å². The predicted molar refractivity (Wildman–Crippen MR) is 73.0 cm³/mol. The standard InChI is InChI=1S/C15H13F3N2O/c1-2-10-5-6-12(8-13(10)15(16,17)18)20-14(21)11-4-3-7-19-9-11/h3-9H,2H2,1H3,(H,20,21). The molecule has 2 rings (SSSR count). The fourth-order valence-corrected chi connectivity index (χ4v) is 1.93. The van der Waals surface area contributed by atoms with E-state index in [1.807, 2.05) is 0 Å². The van der Waals surface area contributed by atoms with Crippen LogP contribution in [0.15, 0.2) is 42.7 Å². The van der Waals surface area contributed by atoms with Gasteiger partial charge in [0.25, 0.3) is 5.91 Å². The average Bonchev–Trinajstić information content (AvgIpc) is 2.47. The minimum absolute atomic E-state index is 0.105. The number of amides is 1. The molecule has 110 valence electrons. The number of alkyl halides is 3. The van der Waals surface area contributed by atoms with Crippen molar-refractivity contribution in [3.05, 3.63) is 59.4 Å². The lowest BCUT2D eigenvalue weighted by atomic mass is 10.0. The van der Waals surface area contributed by atoms with Crippen LogP contribution in [0.5, 0.6) is 0 Å². The molecule has 0 aliphatic rings. The quantitative estimate of drug-likeness (QED) is 0.932. The van der Waals surface area contributed by atoms with Gasteiger partial charge in [-0.15, -0.1) is 0 Å². The number of carbonyl (C=O) groups excluding carboxylic acids is 1. The highest BCUT2D eigenvalue weighted by Crippen LogP contribution is 2.34. The highest BCUT2D eigenvalue weighted by Gasteiger charge is 2.33. The first kappa shape index (κ1) is 15.0. The van der Waals surface area contributed by atoms with Crippen LogP contribution in [0.4, 0.5) is 18.9 Å². The molecule has 0 unspecified atom stereocenters. The van der Waals surface area contributed by atoms with Gasteiger partial charge in [0, 0.05) is 18.1 Å². The van der Waals surface area contributed by atoms with Crippen LogP contribution in [0.3, 0.4) is 0 Å². The Hall–Kier alpha value is -2.37. The Kier molecular flexibility index (Phi) is 4.26. The first-order chi connectivity index (χ1) is 9.91. The molecule has 0 fully saturated rings. The molecule has 0 radical (unpaired) electrons. The molecule has 0 bridgehead atoms. The van der Waals surface area contributed by atoms with E-state index in [4.69, 9.17) is 0 Å². The Balaban J connectivity index is 2.28. The highest BCUT2D eigenvalue weighted by molar-refractivity contribution is 6.04. The predicted octanol–water partition coefficient (Wildman–Crippen LogP) is 3.92. The molecule has 21 heavy (non-hydrogen) atoms. The van der Waals surface area contributed by atoms with E-state index in [0.717, 1.165) is 6.07 Å². The number of hydrogen-bond donors (Lipinski definition) is 1. The monoisotopic (exact) mass is 294 g/mol. The van der Waals surface area contributed by atoms with Gasteiger partial charge in [-0.2, -0.15) is 13.2 Å². The average molecular weight is 294 g/mol. The maximum absolute atomic E-state index is 13.0. The molecule has 6 heteroatoms. The molecule has 0 aliphatic carbocycles. The van der Waals surface area contributed by atoms with Crippen LogP contribution in [-0.2, 0) is 12.6 Å². The first-order valence-corrected chi connectivity index (χ1v) is 6.33. The van der Waals surface area contributed by atoms with Crippen molar-refractivity contribution in [2.45, 2.75) is 19.5 Å². The molecular weight excluding hydrogens is 281 g/mol. The summed E-state index contributed by atoms with van der Waals surface area (Å²) in [5.41, 5.74) is -0.144. The zero-order valence-corrected chi connectivity index (χ0v) is 11.2. The van der Waals surface area contributed by atoms with Crippen LogP contribution in [0.25, 0.3) is 0 Å². The molecule has 1 heterocycles. The third-order valence-corrected chi connectivity index (χ3v) is 2.98. The maximum atomic E-state index is 13.0. The van der Waals surface area contributed by atoms with E-state index in [1.165, 1.54) is 30.6 Å². The van der Waals surface area contributed by atoms with Crippen molar-refractivity contribution in [2.24, 2.45) is 0 Å². The molecule has 1 amide bonds. The van der Waals surface area contributed by atoms with Crippen molar-refractivity contribution < 1.29 is 18.0 Å². The van der Waals surface area contributed by atoms with E-state index in [2.05, 4.69) is 10.3 Å². The van der Waals surface area contributed by atoms with Crippen LogP contribution in [0.1, 0.15) is 28.4 Å². The summed E-state index contributed by atoms with van der Waals surface area (Å²) in [5, 5.41) is 2.44. The summed E-state index contributed by atoms with van der Waals surface area (Å²) in [6, 6.07) is 6.90. The van der Waals surface area contributed by atoms with Crippen molar-refractivity contribution in [1.29, 1.82) is 0 Å². The van der Waals surface area contributed by atoms with Gasteiger partial charge in [0.1, 0.15) is 0 Å². The SMILES string of the molecule is CCc1ccc(NC(=O)c2cccnc2)cc1C(F)(F)F. The lowest BCUT2D eigenvalue weighted by Crippen LogP contribution is -2.14. The zero-order valence-electron chi connectivity index (χ0n) is 11.2. The fourth-order valence-electron chi connectivity index (χ4n) is 1.93. The lowest BCUT2D eigenvalue weighted by Gasteiger charge is -2.14. The number of benzene rings is 1. The first-order valence-electron chi connectivity index (χ1n) is 6.33. The molecule has 0 aliphatic heterocycles. The Labute approximate surface area is 119 Å². The number of nitrogens with one attached hydrogen (secondary N) is 1. The summed E-state index contributed by atoms with van der Waals surface area (Å²) >= 11 is 0. The van der Waals surface area contributed by atoms with Gasteiger partial charge >= 0.3 is 6.18 Å². The van der Waals surface area contributed by atoms with E-state index in [9.17, 15) is 18.0 Å². The number of aryl methyl sites for hydroxylation is 1. The van der Waals surface area contributed by atoms with E-state index in [1.54, 1.807) is 13.0 Å². The topological polar surface area (TPSA) is 42.0 Å². The summed E-state index contributed by atoms with van der Waals surface area (Å²) in [6.45, 7) is 1.65. The van der Waals surface area contributed by atoms with E-state index in [-0.39, 0.29) is 23.2 Å². The van der Waals surface area contributed by atoms with Gasteiger partial charge in [0.05, 0.1) is 11.1 Å². The molecule has 2 aromatic rings. The third kappa shape index (κ3) is 3.59. The maximum Gasteiger partial charge on any atom is 0.416 e. The summed E-state index contributed by atoms with van der Waals surface area (Å²) in [4.78, 5) is 15.7. The lowest BCUT2D eigenvalue weighted by molar-refractivity contribution is -0.138. The Morgan fingerprint density at radius 1 is 1.29 bits per heavy atom. The van der Waals surface area contributed by atoms with Crippen LogP contribution < -0.4 is 5.32 Å². The second-order valence-corrected chi connectivity index (χ2v) is 4.42. The number of aromatic nitrogens is 1. The van der Waals surface area contributed by atoms with Gasteiger partial charge in [-0.1, -0.05) is 13.0 Å². The van der Waals surface area contributed by atoms with Gasteiger partial charge in [-0.25, -0.2) is 0 Å². The van der Waals surface area contributed by atoms with E-state index in [0.29, 0.717) is 0 Å². The molecule has 0 saturated heterocycles. The van der Waals surface area contributed by atoms with Crippen LogP contribution >= 0.6 is 0 Å². The Morgan fingerprint density at radius 2 is 2.05 bits per heavy atom. The summed E-state index contributed by atoms with van der Waals surface area (Å²) < 4.78 is 38.9. The van der Waals surface area contributed by atoms with Crippen LogP contribution in [0.2, 0.25) is 0 Å². The number of hydrogen-bond acceptors (Lipinski definition) is 2. The molecule has 0 spiro atoms. The van der Waals surface area contributed by atoms with Gasteiger partial charge in [0.15, 0.2) is 0 Å². The van der Waals surface area contributed by atoms with Crippen molar-refractivity contribution in [3.8, 4) is 0 Å². The largest absolute Gasteiger partial charge is 0.416 e. The number of rotatable bonds is 3. The molecule has 0 saturated carbocycles. The van der Waals surface area contributed by atoms with Crippen molar-refractivity contribution in [1.82, 2.24) is 4.98 Å². The van der Waals surface area contributed by atoms with E-state index < -0.39 is 17.6 Å². The Bertz CT molecular complexity index is 639. The van der Waals surface area contributed by atoms with Gasteiger partial charge in [0.2, 0.25) is 0 Å². The second kappa shape index (κ2) is 5.95. The molecule has 1 aromatic carbocycles. The van der Waals surface area contributed by atoms with Crippen molar-refractivity contribution >= 4 is 11.6 Å².